The normalized spacial score (nSPS) is 32.4. The lowest BCUT2D eigenvalue weighted by Gasteiger charge is -2.49. The standard InChI is InChI=1S/C21H20O9/c1-26-16-11(22)7-10-13(14(16)23)18-19(29-20(10)25)15(24)17-12(28-18)8-27-21(30-17)9-5-3-2-4-6-9/h2-7,12,15,17-19,21-24H,8H2,1H3/t12-,15+,17-,18+,19-,21-/m1/s1. The van der Waals surface area contributed by atoms with Gasteiger partial charge in [0.05, 0.1) is 19.3 Å². The molecule has 6 atom stereocenters. The van der Waals surface area contributed by atoms with E-state index >= 15 is 0 Å². The number of aromatic hydroxyl groups is 2. The van der Waals surface area contributed by atoms with Crippen LogP contribution >= 0.6 is 0 Å². The highest BCUT2D eigenvalue weighted by Crippen LogP contribution is 2.51. The van der Waals surface area contributed by atoms with Gasteiger partial charge in [-0.3, -0.25) is 0 Å². The van der Waals surface area contributed by atoms with Gasteiger partial charge in [-0.25, -0.2) is 4.79 Å². The molecule has 3 heterocycles. The first-order valence-corrected chi connectivity index (χ1v) is 9.49. The third kappa shape index (κ3) is 2.82. The number of esters is 1. The Morgan fingerprint density at radius 2 is 1.87 bits per heavy atom. The van der Waals surface area contributed by atoms with Gasteiger partial charge < -0.3 is 39.0 Å². The molecule has 0 saturated carbocycles. The number of carbonyl (C=O) groups excluding carboxylic acids is 1. The second-order valence-corrected chi connectivity index (χ2v) is 7.37. The number of phenols is 2. The summed E-state index contributed by atoms with van der Waals surface area (Å²) in [5, 5.41) is 31.6. The van der Waals surface area contributed by atoms with Crippen LogP contribution in [-0.2, 0) is 18.9 Å². The van der Waals surface area contributed by atoms with Gasteiger partial charge in [-0.2, -0.15) is 0 Å². The maximum atomic E-state index is 12.5. The highest BCUT2D eigenvalue weighted by atomic mass is 16.7. The van der Waals surface area contributed by atoms with E-state index in [1.807, 2.05) is 30.3 Å². The van der Waals surface area contributed by atoms with E-state index in [-0.39, 0.29) is 23.5 Å². The van der Waals surface area contributed by atoms with Crippen LogP contribution < -0.4 is 4.74 Å². The molecule has 9 heteroatoms. The van der Waals surface area contributed by atoms with Gasteiger partial charge in [0.15, 0.2) is 23.9 Å². The molecule has 2 saturated heterocycles. The number of hydrogen-bond acceptors (Lipinski definition) is 9. The SMILES string of the molecule is COc1c(O)cc2c(c1O)[C@@H]1O[C@@H]3CO[C@@H](c4ccccc4)O[C@H]3[C@H](O)[C@H]1OC2=O. The smallest absolute Gasteiger partial charge is 0.339 e. The number of rotatable bonds is 2. The lowest BCUT2D eigenvalue weighted by atomic mass is 9.85. The first kappa shape index (κ1) is 19.1. The number of carbonyl (C=O) groups is 1. The van der Waals surface area contributed by atoms with Gasteiger partial charge in [0.25, 0.3) is 0 Å². The summed E-state index contributed by atoms with van der Waals surface area (Å²) >= 11 is 0. The maximum absolute atomic E-state index is 12.5. The minimum absolute atomic E-state index is 0.0579. The predicted octanol–water partition coefficient (Wildman–Crippen LogP) is 1.56. The van der Waals surface area contributed by atoms with E-state index in [0.29, 0.717) is 0 Å². The highest BCUT2D eigenvalue weighted by molar-refractivity contribution is 5.95. The summed E-state index contributed by atoms with van der Waals surface area (Å²) in [6, 6.07) is 10.4. The topological polar surface area (TPSA) is 124 Å². The molecular formula is C21H20O9. The molecule has 3 aliphatic rings. The fourth-order valence-electron chi connectivity index (χ4n) is 4.24. The molecule has 0 amide bonds. The monoisotopic (exact) mass is 416 g/mol. The molecule has 0 bridgehead atoms. The first-order chi connectivity index (χ1) is 14.5. The fraction of sp³-hybridized carbons (Fsp3) is 0.381. The Hall–Kier alpha value is -2.85. The molecule has 2 fully saturated rings. The molecule has 2 aromatic carbocycles. The zero-order valence-electron chi connectivity index (χ0n) is 15.9. The largest absolute Gasteiger partial charge is 0.504 e. The lowest BCUT2D eigenvalue weighted by Crippen LogP contribution is -2.61. The summed E-state index contributed by atoms with van der Waals surface area (Å²) in [5.41, 5.74) is 0.820. The average Bonchev–Trinajstić information content (AvgIpc) is 2.75. The van der Waals surface area contributed by atoms with Crippen molar-refractivity contribution in [2.45, 2.75) is 36.8 Å². The molecule has 0 aliphatic carbocycles. The summed E-state index contributed by atoms with van der Waals surface area (Å²) < 4.78 is 28.2. The maximum Gasteiger partial charge on any atom is 0.339 e. The molecule has 3 N–H and O–H groups in total. The van der Waals surface area contributed by atoms with Crippen molar-refractivity contribution in [3.05, 3.63) is 53.1 Å². The number of aliphatic hydroxyl groups is 1. The van der Waals surface area contributed by atoms with Crippen LogP contribution in [-0.4, -0.2) is 59.4 Å². The molecular weight excluding hydrogens is 396 g/mol. The minimum Gasteiger partial charge on any atom is -0.504 e. The van der Waals surface area contributed by atoms with Crippen LogP contribution in [0.3, 0.4) is 0 Å². The van der Waals surface area contributed by atoms with Gasteiger partial charge in [0.2, 0.25) is 5.75 Å². The van der Waals surface area contributed by atoms with E-state index < -0.39 is 54.3 Å². The van der Waals surface area contributed by atoms with Crippen molar-refractivity contribution in [1.82, 2.24) is 0 Å². The number of hydrogen-bond donors (Lipinski definition) is 3. The molecule has 2 aromatic rings. The van der Waals surface area contributed by atoms with Crippen LogP contribution in [0, 0.1) is 0 Å². The first-order valence-electron chi connectivity index (χ1n) is 9.49. The van der Waals surface area contributed by atoms with E-state index in [2.05, 4.69) is 0 Å². The van der Waals surface area contributed by atoms with Crippen molar-refractivity contribution in [3.63, 3.8) is 0 Å². The Morgan fingerprint density at radius 1 is 1.10 bits per heavy atom. The van der Waals surface area contributed by atoms with Gasteiger partial charge in [-0.05, 0) is 6.07 Å². The van der Waals surface area contributed by atoms with E-state index in [0.717, 1.165) is 11.6 Å². The van der Waals surface area contributed by atoms with Crippen LogP contribution in [0.25, 0.3) is 0 Å². The molecule has 30 heavy (non-hydrogen) atoms. The zero-order valence-corrected chi connectivity index (χ0v) is 15.9. The van der Waals surface area contributed by atoms with Crippen LogP contribution in [0.15, 0.2) is 36.4 Å². The van der Waals surface area contributed by atoms with E-state index in [4.69, 9.17) is 23.7 Å². The Bertz CT molecular complexity index is 976. The third-order valence-corrected chi connectivity index (χ3v) is 5.65. The van der Waals surface area contributed by atoms with Crippen LogP contribution in [0.5, 0.6) is 17.2 Å². The lowest BCUT2D eigenvalue weighted by molar-refractivity contribution is -0.330. The van der Waals surface area contributed by atoms with Crippen molar-refractivity contribution in [2.75, 3.05) is 13.7 Å². The Balaban J connectivity index is 1.48. The quantitative estimate of drug-likeness (QED) is 0.626. The van der Waals surface area contributed by atoms with Crippen molar-refractivity contribution in [2.24, 2.45) is 0 Å². The summed E-state index contributed by atoms with van der Waals surface area (Å²) in [5.74, 6) is -1.84. The van der Waals surface area contributed by atoms with E-state index in [9.17, 15) is 20.1 Å². The number of fused-ring (bicyclic) bond motifs is 4. The highest BCUT2D eigenvalue weighted by Gasteiger charge is 2.55. The zero-order chi connectivity index (χ0) is 21.0. The number of aliphatic hydroxyl groups excluding tert-OH is 1. The van der Waals surface area contributed by atoms with Crippen molar-refractivity contribution in [1.29, 1.82) is 0 Å². The van der Waals surface area contributed by atoms with Gasteiger partial charge >= 0.3 is 5.97 Å². The van der Waals surface area contributed by atoms with E-state index in [1.54, 1.807) is 0 Å². The molecule has 0 unspecified atom stereocenters. The molecule has 3 aliphatic heterocycles. The molecule has 158 valence electrons. The summed E-state index contributed by atoms with van der Waals surface area (Å²) in [7, 11) is 1.28. The Morgan fingerprint density at radius 3 is 2.60 bits per heavy atom. The van der Waals surface area contributed by atoms with Crippen LogP contribution in [0.1, 0.15) is 33.9 Å². The van der Waals surface area contributed by atoms with Gasteiger partial charge in [-0.1, -0.05) is 30.3 Å². The number of ether oxygens (including phenoxy) is 5. The predicted molar refractivity (Wildman–Crippen MR) is 99.2 cm³/mol. The Kier molecular flexibility index (Phi) is 4.55. The van der Waals surface area contributed by atoms with Crippen LogP contribution in [0.4, 0.5) is 0 Å². The van der Waals surface area contributed by atoms with Gasteiger partial charge in [-0.15, -0.1) is 0 Å². The summed E-state index contributed by atoms with van der Waals surface area (Å²) in [6.07, 6.45) is -5.48. The third-order valence-electron chi connectivity index (χ3n) is 5.65. The molecule has 0 aromatic heterocycles. The van der Waals surface area contributed by atoms with Crippen molar-refractivity contribution >= 4 is 5.97 Å². The van der Waals surface area contributed by atoms with Gasteiger partial charge in [0.1, 0.15) is 24.4 Å². The second kappa shape index (κ2) is 7.13. The van der Waals surface area contributed by atoms with Crippen molar-refractivity contribution < 1.29 is 43.8 Å². The number of benzene rings is 2. The minimum atomic E-state index is -1.22. The Labute approximate surface area is 171 Å². The fourth-order valence-corrected chi connectivity index (χ4v) is 4.24. The molecule has 0 spiro atoms. The summed E-state index contributed by atoms with van der Waals surface area (Å²) in [6.45, 7) is 0.129. The molecule has 0 radical (unpaired) electrons. The van der Waals surface area contributed by atoms with Crippen LogP contribution in [0.2, 0.25) is 0 Å². The number of methoxy groups -OCH3 is 1. The second-order valence-electron chi connectivity index (χ2n) is 7.37. The summed E-state index contributed by atoms with van der Waals surface area (Å²) in [4.78, 5) is 12.5. The average molecular weight is 416 g/mol. The van der Waals surface area contributed by atoms with Gasteiger partial charge in [0, 0.05) is 11.1 Å². The van der Waals surface area contributed by atoms with Crippen molar-refractivity contribution in [3.8, 4) is 17.2 Å². The van der Waals surface area contributed by atoms with E-state index in [1.165, 1.54) is 7.11 Å². The molecule has 9 nitrogen and oxygen atoms in total. The number of phenolic OH excluding ortho intramolecular Hbond substituents is 2. The molecule has 5 rings (SSSR count).